The second-order valence-electron chi connectivity index (χ2n) is 6.39. The predicted octanol–water partition coefficient (Wildman–Crippen LogP) is 2.93. The molecule has 3 heterocycles. The van der Waals surface area contributed by atoms with Crippen LogP contribution in [0.5, 0.6) is 0 Å². The molecular weight excluding hydrogens is 346 g/mol. The molecule has 1 saturated heterocycles. The van der Waals surface area contributed by atoms with Gasteiger partial charge in [-0.15, -0.1) is 0 Å². The molecule has 2 aromatic heterocycles. The first kappa shape index (κ1) is 16.9. The minimum atomic E-state index is -0.176. The first-order chi connectivity index (χ1) is 12.7. The summed E-state index contributed by atoms with van der Waals surface area (Å²) in [6.07, 6.45) is 4.46. The molecule has 7 heteroatoms. The van der Waals surface area contributed by atoms with Crippen LogP contribution in [0.25, 0.3) is 10.5 Å². The number of nitrogens with zero attached hydrogens (tertiary/aromatic N) is 4. The average molecular weight is 367 g/mol. The van der Waals surface area contributed by atoms with Crippen LogP contribution in [-0.4, -0.2) is 33.4 Å². The third kappa shape index (κ3) is 3.39. The quantitative estimate of drug-likeness (QED) is 0.751. The lowest BCUT2D eigenvalue weighted by molar-refractivity contribution is -0.122. The van der Waals surface area contributed by atoms with Crippen molar-refractivity contribution in [3.8, 4) is 0 Å². The van der Waals surface area contributed by atoms with Crippen molar-refractivity contribution in [2.24, 2.45) is 0 Å². The second-order valence-corrected chi connectivity index (χ2v) is 7.35. The van der Waals surface area contributed by atoms with Crippen molar-refractivity contribution in [2.45, 2.75) is 38.8 Å². The van der Waals surface area contributed by atoms with Gasteiger partial charge in [-0.1, -0.05) is 48.6 Å². The Bertz CT molecular complexity index is 911. The van der Waals surface area contributed by atoms with E-state index in [-0.39, 0.29) is 11.9 Å². The van der Waals surface area contributed by atoms with E-state index in [0.717, 1.165) is 47.0 Å². The standard InChI is InChI=1S/C19H21N5OS/c1-2-14-12-20-16-18(22-14)26-19(23-16)24-10-6-9-15(24)17(25)21-11-13-7-4-3-5-8-13/h3-5,7-8,12,15H,2,6,9-11H2,1H3,(H,21,25)/t15-/m1/s1. The minimum absolute atomic E-state index is 0.0563. The number of fused-ring (bicyclic) bond motifs is 1. The third-order valence-corrected chi connectivity index (χ3v) is 5.61. The SMILES string of the molecule is CCc1cnc2nc(N3CCC[C@@H]3C(=O)NCc3ccccc3)sc2n1. The summed E-state index contributed by atoms with van der Waals surface area (Å²) in [7, 11) is 0. The first-order valence-corrected chi connectivity index (χ1v) is 9.77. The number of benzene rings is 1. The smallest absolute Gasteiger partial charge is 0.243 e. The molecule has 1 fully saturated rings. The summed E-state index contributed by atoms with van der Waals surface area (Å²) in [5.41, 5.74) is 2.73. The van der Waals surface area contributed by atoms with Crippen molar-refractivity contribution >= 4 is 32.9 Å². The zero-order chi connectivity index (χ0) is 17.9. The maximum Gasteiger partial charge on any atom is 0.243 e. The number of amides is 1. The van der Waals surface area contributed by atoms with Gasteiger partial charge in [0.15, 0.2) is 15.6 Å². The van der Waals surface area contributed by atoms with Gasteiger partial charge in [-0.2, -0.15) is 4.98 Å². The molecule has 1 aromatic carbocycles. The second kappa shape index (κ2) is 7.37. The van der Waals surface area contributed by atoms with Gasteiger partial charge in [-0.05, 0) is 24.8 Å². The molecule has 0 aliphatic carbocycles. The van der Waals surface area contributed by atoms with Crippen LogP contribution in [0.1, 0.15) is 31.0 Å². The summed E-state index contributed by atoms with van der Waals surface area (Å²) in [5.74, 6) is 0.0563. The molecule has 0 bridgehead atoms. The van der Waals surface area contributed by atoms with E-state index in [1.807, 2.05) is 30.3 Å². The Morgan fingerprint density at radius 1 is 1.31 bits per heavy atom. The van der Waals surface area contributed by atoms with Crippen molar-refractivity contribution in [3.63, 3.8) is 0 Å². The van der Waals surface area contributed by atoms with Crippen LogP contribution in [0.2, 0.25) is 0 Å². The Labute approximate surface area is 156 Å². The lowest BCUT2D eigenvalue weighted by Crippen LogP contribution is -2.43. The number of aromatic nitrogens is 3. The number of anilines is 1. The predicted molar refractivity (Wildman–Crippen MR) is 103 cm³/mol. The number of thiazole rings is 1. The van der Waals surface area contributed by atoms with Crippen LogP contribution < -0.4 is 10.2 Å². The summed E-state index contributed by atoms with van der Waals surface area (Å²) in [6.45, 7) is 3.45. The molecule has 134 valence electrons. The molecule has 1 N–H and O–H groups in total. The van der Waals surface area contributed by atoms with Crippen LogP contribution in [0, 0.1) is 0 Å². The molecule has 1 aliphatic rings. The zero-order valence-corrected chi connectivity index (χ0v) is 15.5. The average Bonchev–Trinajstić information content (AvgIpc) is 3.32. The number of aryl methyl sites for hydroxylation is 1. The van der Waals surface area contributed by atoms with Crippen molar-refractivity contribution in [2.75, 3.05) is 11.4 Å². The Morgan fingerprint density at radius 2 is 2.15 bits per heavy atom. The number of hydrogen-bond acceptors (Lipinski definition) is 6. The van der Waals surface area contributed by atoms with Gasteiger partial charge in [0.1, 0.15) is 6.04 Å². The lowest BCUT2D eigenvalue weighted by atomic mass is 10.2. The maximum absolute atomic E-state index is 12.7. The van der Waals surface area contributed by atoms with Crippen LogP contribution in [0.4, 0.5) is 5.13 Å². The largest absolute Gasteiger partial charge is 0.350 e. The lowest BCUT2D eigenvalue weighted by Gasteiger charge is -2.23. The highest BCUT2D eigenvalue weighted by Gasteiger charge is 2.32. The normalized spacial score (nSPS) is 17.0. The van der Waals surface area contributed by atoms with E-state index in [1.165, 1.54) is 11.3 Å². The van der Waals surface area contributed by atoms with E-state index in [0.29, 0.717) is 12.2 Å². The fraction of sp³-hybridized carbons (Fsp3) is 0.368. The van der Waals surface area contributed by atoms with Gasteiger partial charge in [0.2, 0.25) is 5.91 Å². The molecule has 6 nitrogen and oxygen atoms in total. The van der Waals surface area contributed by atoms with Gasteiger partial charge in [-0.25, -0.2) is 9.97 Å². The summed E-state index contributed by atoms with van der Waals surface area (Å²) in [5, 5.41) is 3.90. The molecule has 0 radical (unpaired) electrons. The third-order valence-electron chi connectivity index (χ3n) is 4.63. The molecule has 1 amide bonds. The van der Waals surface area contributed by atoms with Gasteiger partial charge < -0.3 is 10.2 Å². The number of carbonyl (C=O) groups excluding carboxylic acids is 1. The molecule has 0 spiro atoms. The summed E-state index contributed by atoms with van der Waals surface area (Å²) >= 11 is 1.52. The Hall–Kier alpha value is -2.54. The molecular formula is C19H21N5OS. The zero-order valence-electron chi connectivity index (χ0n) is 14.7. The highest BCUT2D eigenvalue weighted by molar-refractivity contribution is 7.21. The molecule has 26 heavy (non-hydrogen) atoms. The summed E-state index contributed by atoms with van der Waals surface area (Å²) in [6, 6.07) is 9.80. The summed E-state index contributed by atoms with van der Waals surface area (Å²) < 4.78 is 0. The van der Waals surface area contributed by atoms with Gasteiger partial charge in [-0.3, -0.25) is 4.79 Å². The molecule has 1 atom stereocenters. The van der Waals surface area contributed by atoms with Crippen molar-refractivity contribution in [1.82, 2.24) is 20.3 Å². The first-order valence-electron chi connectivity index (χ1n) is 8.95. The van der Waals surface area contributed by atoms with Gasteiger partial charge in [0, 0.05) is 13.1 Å². The van der Waals surface area contributed by atoms with Gasteiger partial charge in [0.25, 0.3) is 0 Å². The Kier molecular flexibility index (Phi) is 4.79. The molecule has 3 aromatic rings. The molecule has 0 unspecified atom stereocenters. The number of hydrogen-bond donors (Lipinski definition) is 1. The fourth-order valence-corrected chi connectivity index (χ4v) is 4.20. The van der Waals surface area contributed by atoms with E-state index in [4.69, 9.17) is 0 Å². The highest BCUT2D eigenvalue weighted by Crippen LogP contribution is 2.32. The maximum atomic E-state index is 12.7. The van der Waals surface area contributed by atoms with E-state index >= 15 is 0 Å². The van der Waals surface area contributed by atoms with E-state index in [1.54, 1.807) is 6.20 Å². The van der Waals surface area contributed by atoms with Crippen molar-refractivity contribution < 1.29 is 4.79 Å². The van der Waals surface area contributed by atoms with Crippen LogP contribution >= 0.6 is 11.3 Å². The molecule has 0 saturated carbocycles. The number of nitrogens with one attached hydrogen (secondary N) is 1. The van der Waals surface area contributed by atoms with Crippen molar-refractivity contribution in [3.05, 3.63) is 47.8 Å². The minimum Gasteiger partial charge on any atom is -0.350 e. The van der Waals surface area contributed by atoms with Gasteiger partial charge >= 0.3 is 0 Å². The van der Waals surface area contributed by atoms with Crippen LogP contribution in [-0.2, 0) is 17.8 Å². The highest BCUT2D eigenvalue weighted by atomic mass is 32.1. The fourth-order valence-electron chi connectivity index (χ4n) is 3.21. The van der Waals surface area contributed by atoms with E-state index in [9.17, 15) is 4.79 Å². The Balaban J connectivity index is 1.50. The summed E-state index contributed by atoms with van der Waals surface area (Å²) in [4.78, 5) is 29.3. The van der Waals surface area contributed by atoms with Crippen LogP contribution in [0.3, 0.4) is 0 Å². The van der Waals surface area contributed by atoms with Crippen molar-refractivity contribution in [1.29, 1.82) is 0 Å². The topological polar surface area (TPSA) is 71.0 Å². The van der Waals surface area contributed by atoms with Crippen LogP contribution in [0.15, 0.2) is 36.5 Å². The monoisotopic (exact) mass is 367 g/mol. The Morgan fingerprint density at radius 3 is 2.96 bits per heavy atom. The molecule has 4 rings (SSSR count). The van der Waals surface area contributed by atoms with Gasteiger partial charge in [0.05, 0.1) is 11.9 Å². The number of rotatable bonds is 5. The molecule has 1 aliphatic heterocycles. The van der Waals surface area contributed by atoms with E-state index in [2.05, 4.69) is 32.1 Å². The number of carbonyl (C=O) groups is 1. The van der Waals surface area contributed by atoms with E-state index < -0.39 is 0 Å².